The molecule has 3 aromatic rings. The summed E-state index contributed by atoms with van der Waals surface area (Å²) in [6, 6.07) is 20.2. The molecule has 0 N–H and O–H groups in total. The Morgan fingerprint density at radius 1 is 0.871 bits per heavy atom. The van der Waals surface area contributed by atoms with Gasteiger partial charge in [0.25, 0.3) is 0 Å². The summed E-state index contributed by atoms with van der Waals surface area (Å²) in [6.45, 7) is 0. The number of hydrogen-bond donors (Lipinski definition) is 0. The molecule has 2 heterocycles. The van der Waals surface area contributed by atoms with Crippen molar-refractivity contribution in [2.24, 2.45) is 5.92 Å². The number of rotatable bonds is 3. The van der Waals surface area contributed by atoms with E-state index in [9.17, 15) is 14.4 Å². The Labute approximate surface area is 188 Å². The smallest absolute Gasteiger partial charge is 0.327 e. The summed E-state index contributed by atoms with van der Waals surface area (Å²) in [5.41, 5.74) is -0.0108. The third kappa shape index (κ3) is 2.88. The van der Waals surface area contributed by atoms with Crippen molar-refractivity contribution in [3.05, 3.63) is 94.0 Å². The van der Waals surface area contributed by atoms with Crippen LogP contribution in [0.1, 0.15) is 17.5 Å². The number of carbonyl (C=O) groups is 3. The van der Waals surface area contributed by atoms with Crippen LogP contribution in [-0.4, -0.2) is 17.8 Å². The van der Waals surface area contributed by atoms with Crippen molar-refractivity contribution < 1.29 is 19.1 Å². The van der Waals surface area contributed by atoms with Crippen LogP contribution in [0.25, 0.3) is 0 Å². The second kappa shape index (κ2) is 7.22. The highest BCUT2D eigenvalue weighted by Crippen LogP contribution is 2.53. The molecular formula is C24H15Cl2NO4. The van der Waals surface area contributed by atoms with E-state index in [1.807, 2.05) is 6.07 Å². The predicted octanol–water partition coefficient (Wildman–Crippen LogP) is 4.78. The fourth-order valence-electron chi connectivity index (χ4n) is 4.53. The van der Waals surface area contributed by atoms with Gasteiger partial charge in [-0.05, 0) is 48.0 Å². The van der Waals surface area contributed by atoms with Crippen molar-refractivity contribution in [3.63, 3.8) is 0 Å². The van der Waals surface area contributed by atoms with E-state index in [4.69, 9.17) is 27.9 Å². The van der Waals surface area contributed by atoms with Gasteiger partial charge in [0.05, 0.1) is 11.6 Å². The summed E-state index contributed by atoms with van der Waals surface area (Å²) in [5, 5.41) is 0.895. The second-order valence-electron chi connectivity index (χ2n) is 7.50. The SMILES string of the molecule is O=C1C[C@@H]([C@@]2(c3ccccc3)C(=O)Oc3ccc(Cl)cc32)C(=O)N1c1ccc(Cl)cc1. The summed E-state index contributed by atoms with van der Waals surface area (Å²) in [4.78, 5) is 41.2. The maximum Gasteiger partial charge on any atom is 0.327 e. The normalized spacial score (nSPS) is 22.6. The van der Waals surface area contributed by atoms with Crippen LogP contribution in [0.2, 0.25) is 10.0 Å². The third-order valence-corrected chi connectivity index (χ3v) is 6.36. The number of esters is 1. The molecule has 154 valence electrons. The van der Waals surface area contributed by atoms with Crippen molar-refractivity contribution in [2.45, 2.75) is 11.8 Å². The number of fused-ring (bicyclic) bond motifs is 1. The number of ether oxygens (including phenoxy) is 1. The highest BCUT2D eigenvalue weighted by molar-refractivity contribution is 6.31. The summed E-state index contributed by atoms with van der Waals surface area (Å²) in [6.07, 6.45) is -0.141. The Balaban J connectivity index is 1.71. The zero-order valence-electron chi connectivity index (χ0n) is 16.0. The van der Waals surface area contributed by atoms with E-state index in [-0.39, 0.29) is 6.42 Å². The van der Waals surface area contributed by atoms with Crippen molar-refractivity contribution in [2.75, 3.05) is 4.90 Å². The molecule has 7 heteroatoms. The fraction of sp³-hybridized carbons (Fsp3) is 0.125. The van der Waals surface area contributed by atoms with Crippen LogP contribution in [0.5, 0.6) is 5.75 Å². The van der Waals surface area contributed by atoms with Crippen LogP contribution < -0.4 is 9.64 Å². The number of nitrogens with zero attached hydrogens (tertiary/aromatic N) is 1. The molecule has 2 amide bonds. The first-order valence-corrected chi connectivity index (χ1v) is 10.4. The van der Waals surface area contributed by atoms with Gasteiger partial charge in [0, 0.05) is 22.0 Å². The Hall–Kier alpha value is -3.15. The molecule has 31 heavy (non-hydrogen) atoms. The first-order chi connectivity index (χ1) is 14.9. The first-order valence-electron chi connectivity index (χ1n) is 9.63. The Morgan fingerprint density at radius 2 is 1.55 bits per heavy atom. The van der Waals surface area contributed by atoms with Gasteiger partial charge in [-0.3, -0.25) is 19.3 Å². The third-order valence-electron chi connectivity index (χ3n) is 5.87. The molecule has 0 unspecified atom stereocenters. The van der Waals surface area contributed by atoms with E-state index >= 15 is 0 Å². The number of halogens is 2. The summed E-state index contributed by atoms with van der Waals surface area (Å²) >= 11 is 12.2. The van der Waals surface area contributed by atoms with Gasteiger partial charge in [0.2, 0.25) is 11.8 Å². The molecule has 0 aromatic heterocycles. The quantitative estimate of drug-likeness (QED) is 0.326. The van der Waals surface area contributed by atoms with Gasteiger partial charge in [0.15, 0.2) is 0 Å². The van der Waals surface area contributed by atoms with Crippen LogP contribution in [-0.2, 0) is 19.8 Å². The van der Waals surface area contributed by atoms with E-state index in [0.717, 1.165) is 4.90 Å². The number of anilines is 1. The van der Waals surface area contributed by atoms with Crippen molar-refractivity contribution in [1.82, 2.24) is 0 Å². The van der Waals surface area contributed by atoms with E-state index in [0.29, 0.717) is 32.6 Å². The lowest BCUT2D eigenvalue weighted by Crippen LogP contribution is -2.46. The highest BCUT2D eigenvalue weighted by atomic mass is 35.5. The van der Waals surface area contributed by atoms with Crippen LogP contribution >= 0.6 is 23.2 Å². The van der Waals surface area contributed by atoms with Crippen LogP contribution in [0, 0.1) is 5.92 Å². The molecule has 0 saturated carbocycles. The molecule has 5 nitrogen and oxygen atoms in total. The molecule has 0 spiro atoms. The van der Waals surface area contributed by atoms with Crippen LogP contribution in [0.4, 0.5) is 5.69 Å². The number of imide groups is 1. The molecule has 0 aliphatic carbocycles. The zero-order valence-corrected chi connectivity index (χ0v) is 17.6. The predicted molar refractivity (Wildman–Crippen MR) is 116 cm³/mol. The molecule has 2 aliphatic heterocycles. The van der Waals surface area contributed by atoms with Gasteiger partial charge in [-0.15, -0.1) is 0 Å². The maximum absolute atomic E-state index is 13.6. The minimum absolute atomic E-state index is 0.141. The van der Waals surface area contributed by atoms with Gasteiger partial charge in [-0.25, -0.2) is 0 Å². The van der Waals surface area contributed by atoms with E-state index in [2.05, 4.69) is 0 Å². The van der Waals surface area contributed by atoms with Crippen LogP contribution in [0.3, 0.4) is 0 Å². The molecule has 0 bridgehead atoms. The highest BCUT2D eigenvalue weighted by Gasteiger charge is 2.62. The summed E-state index contributed by atoms with van der Waals surface area (Å²) < 4.78 is 5.59. The number of amides is 2. The zero-order chi connectivity index (χ0) is 21.8. The Morgan fingerprint density at radius 3 is 2.26 bits per heavy atom. The van der Waals surface area contributed by atoms with E-state index < -0.39 is 29.1 Å². The van der Waals surface area contributed by atoms with Crippen molar-refractivity contribution in [3.8, 4) is 5.75 Å². The van der Waals surface area contributed by atoms with Gasteiger partial charge >= 0.3 is 5.97 Å². The fourth-order valence-corrected chi connectivity index (χ4v) is 4.82. The standard InChI is InChI=1S/C24H15Cl2NO4/c25-15-6-9-17(10-7-15)27-21(28)13-19(22(27)29)24(14-4-2-1-3-5-14)18-12-16(26)8-11-20(18)31-23(24)30/h1-12,19H,13H2/t19-,24+/m1/s1. The van der Waals surface area contributed by atoms with Crippen molar-refractivity contribution >= 4 is 46.7 Å². The molecule has 0 radical (unpaired) electrons. The van der Waals surface area contributed by atoms with Gasteiger partial charge < -0.3 is 4.74 Å². The minimum Gasteiger partial charge on any atom is -0.425 e. The van der Waals surface area contributed by atoms with Gasteiger partial charge in [-0.2, -0.15) is 0 Å². The number of carbonyl (C=O) groups excluding carboxylic acids is 3. The van der Waals surface area contributed by atoms with E-state index in [1.54, 1.807) is 66.7 Å². The molecule has 2 aliphatic rings. The lowest BCUT2D eigenvalue weighted by Gasteiger charge is -2.31. The van der Waals surface area contributed by atoms with Crippen LogP contribution in [0.15, 0.2) is 72.8 Å². The number of hydrogen-bond acceptors (Lipinski definition) is 4. The lowest BCUT2D eigenvalue weighted by molar-refractivity contribution is -0.141. The monoisotopic (exact) mass is 451 g/mol. The largest absolute Gasteiger partial charge is 0.425 e. The molecule has 1 saturated heterocycles. The topological polar surface area (TPSA) is 63.7 Å². The second-order valence-corrected chi connectivity index (χ2v) is 8.38. The number of benzene rings is 3. The van der Waals surface area contributed by atoms with Crippen molar-refractivity contribution in [1.29, 1.82) is 0 Å². The Kier molecular flexibility index (Phi) is 4.61. The molecular weight excluding hydrogens is 437 g/mol. The van der Waals surface area contributed by atoms with Gasteiger partial charge in [-0.1, -0.05) is 53.5 Å². The minimum atomic E-state index is -1.48. The molecule has 2 atom stereocenters. The van der Waals surface area contributed by atoms with Gasteiger partial charge in [0.1, 0.15) is 11.2 Å². The average Bonchev–Trinajstić information content (AvgIpc) is 3.22. The molecule has 3 aromatic carbocycles. The Bertz CT molecular complexity index is 1230. The first kappa shape index (κ1) is 19.8. The van der Waals surface area contributed by atoms with E-state index in [1.165, 1.54) is 0 Å². The average molecular weight is 452 g/mol. The lowest BCUT2D eigenvalue weighted by atomic mass is 9.66. The molecule has 5 rings (SSSR count). The molecule has 1 fully saturated rings. The summed E-state index contributed by atoms with van der Waals surface area (Å²) in [5.74, 6) is -2.11. The maximum atomic E-state index is 13.6. The summed E-state index contributed by atoms with van der Waals surface area (Å²) in [7, 11) is 0.